The highest BCUT2D eigenvalue weighted by Crippen LogP contribution is 2.35. The number of nitrogens with one attached hydrogen (secondary N) is 1. The van der Waals surface area contributed by atoms with Crippen molar-refractivity contribution in [3.8, 4) is 22.9 Å². The van der Waals surface area contributed by atoms with Crippen LogP contribution in [0.4, 0.5) is 13.2 Å². The Morgan fingerprint density at radius 2 is 1.64 bits per heavy atom. The van der Waals surface area contributed by atoms with Crippen LogP contribution in [0.25, 0.3) is 22.3 Å². The summed E-state index contributed by atoms with van der Waals surface area (Å²) < 4.78 is 58.5. The number of H-pyrrole nitrogens is 1. The SMILES string of the molecule is C[Si](C)(C)CCOCn1ccc2c(F)c(Oc3ccc(F)c(-c4ncc(CCN5C(=O)c6ccccc6C5=O)[nH]4)c3)c(F)cc21. The van der Waals surface area contributed by atoms with Gasteiger partial charge in [0.2, 0.25) is 0 Å². The number of halogens is 3. The molecular formula is C33H31F3N4O4Si. The summed E-state index contributed by atoms with van der Waals surface area (Å²) >= 11 is 0. The van der Waals surface area contributed by atoms with Gasteiger partial charge in [-0.1, -0.05) is 31.8 Å². The molecule has 5 aromatic rings. The van der Waals surface area contributed by atoms with Crippen molar-refractivity contribution < 1.29 is 32.2 Å². The van der Waals surface area contributed by atoms with E-state index < -0.39 is 31.3 Å². The molecule has 45 heavy (non-hydrogen) atoms. The third kappa shape index (κ3) is 6.15. The molecule has 0 aliphatic carbocycles. The van der Waals surface area contributed by atoms with Crippen LogP contribution in [0.1, 0.15) is 26.4 Å². The maximum atomic E-state index is 15.5. The van der Waals surface area contributed by atoms with Crippen LogP contribution in [0.5, 0.6) is 11.5 Å². The van der Waals surface area contributed by atoms with E-state index in [1.807, 2.05) is 0 Å². The highest BCUT2D eigenvalue weighted by molar-refractivity contribution is 6.76. The van der Waals surface area contributed by atoms with Crippen molar-refractivity contribution in [2.45, 2.75) is 38.8 Å². The molecule has 0 saturated heterocycles. The molecule has 0 saturated carbocycles. The zero-order chi connectivity index (χ0) is 31.9. The minimum absolute atomic E-state index is 0.00152. The van der Waals surface area contributed by atoms with Gasteiger partial charge in [-0.05, 0) is 42.4 Å². The predicted octanol–water partition coefficient (Wildman–Crippen LogP) is 7.39. The van der Waals surface area contributed by atoms with Crippen molar-refractivity contribution in [2.75, 3.05) is 13.2 Å². The van der Waals surface area contributed by atoms with E-state index in [-0.39, 0.29) is 54.0 Å². The molecule has 8 nitrogen and oxygen atoms in total. The third-order valence-corrected chi connectivity index (χ3v) is 9.38. The van der Waals surface area contributed by atoms with E-state index in [2.05, 4.69) is 29.6 Å². The third-order valence-electron chi connectivity index (χ3n) is 7.67. The summed E-state index contributed by atoms with van der Waals surface area (Å²) in [5.41, 5.74) is 1.62. The van der Waals surface area contributed by atoms with Gasteiger partial charge in [0, 0.05) is 57.2 Å². The molecule has 2 amide bonds. The minimum Gasteiger partial charge on any atom is -0.451 e. The highest BCUT2D eigenvalue weighted by atomic mass is 28.3. The fourth-order valence-corrected chi connectivity index (χ4v) is 5.91. The number of carbonyl (C=O) groups is 2. The topological polar surface area (TPSA) is 89.4 Å². The summed E-state index contributed by atoms with van der Waals surface area (Å²) in [4.78, 5) is 33.7. The molecule has 232 valence electrons. The first-order chi connectivity index (χ1) is 21.5. The monoisotopic (exact) mass is 632 g/mol. The van der Waals surface area contributed by atoms with Crippen LogP contribution in [0.2, 0.25) is 25.7 Å². The van der Waals surface area contributed by atoms with Gasteiger partial charge in [-0.15, -0.1) is 0 Å². The Morgan fingerprint density at radius 3 is 2.36 bits per heavy atom. The predicted molar refractivity (Wildman–Crippen MR) is 166 cm³/mol. The number of imidazole rings is 1. The first-order valence-corrected chi connectivity index (χ1v) is 18.2. The minimum atomic E-state index is -1.27. The fraction of sp³-hybridized carbons (Fsp3) is 0.242. The molecule has 0 atom stereocenters. The van der Waals surface area contributed by atoms with Crippen LogP contribution in [0.3, 0.4) is 0 Å². The number of hydrogen-bond acceptors (Lipinski definition) is 5. The van der Waals surface area contributed by atoms with Gasteiger partial charge in [-0.2, -0.15) is 0 Å². The number of imide groups is 1. The average molecular weight is 633 g/mol. The van der Waals surface area contributed by atoms with Crippen molar-refractivity contribution in [3.63, 3.8) is 0 Å². The molecule has 6 rings (SSSR count). The summed E-state index contributed by atoms with van der Waals surface area (Å²) in [6, 6.07) is 14.0. The van der Waals surface area contributed by atoms with Crippen molar-refractivity contribution in [2.24, 2.45) is 0 Å². The lowest BCUT2D eigenvalue weighted by Crippen LogP contribution is -2.31. The number of rotatable bonds is 11. The van der Waals surface area contributed by atoms with Crippen molar-refractivity contribution in [1.29, 1.82) is 0 Å². The Bertz CT molecular complexity index is 1900. The van der Waals surface area contributed by atoms with Gasteiger partial charge >= 0.3 is 0 Å². The first kappa shape index (κ1) is 30.3. The van der Waals surface area contributed by atoms with Gasteiger partial charge in [0.05, 0.1) is 22.2 Å². The number of amides is 2. The largest absolute Gasteiger partial charge is 0.451 e. The molecule has 0 fully saturated rings. The van der Waals surface area contributed by atoms with Crippen molar-refractivity contribution in [1.82, 2.24) is 19.4 Å². The summed E-state index contributed by atoms with van der Waals surface area (Å²) in [5.74, 6) is -3.63. The zero-order valence-corrected chi connectivity index (χ0v) is 26.0. The molecule has 3 aromatic carbocycles. The molecule has 1 aliphatic heterocycles. The summed E-state index contributed by atoms with van der Waals surface area (Å²) in [6.07, 6.45) is 3.37. The van der Waals surface area contributed by atoms with E-state index in [4.69, 9.17) is 9.47 Å². The Labute approximate surface area is 258 Å². The van der Waals surface area contributed by atoms with E-state index in [9.17, 15) is 14.0 Å². The number of hydrogen-bond donors (Lipinski definition) is 1. The molecule has 12 heteroatoms. The first-order valence-electron chi connectivity index (χ1n) is 14.5. The van der Waals surface area contributed by atoms with Crippen LogP contribution >= 0.6 is 0 Å². The fourth-order valence-electron chi connectivity index (χ4n) is 5.16. The number of fused-ring (bicyclic) bond motifs is 2. The number of aromatic amines is 1. The highest BCUT2D eigenvalue weighted by Gasteiger charge is 2.34. The quantitative estimate of drug-likeness (QED) is 0.0932. The van der Waals surface area contributed by atoms with Gasteiger partial charge < -0.3 is 19.0 Å². The molecule has 1 aliphatic rings. The van der Waals surface area contributed by atoms with Crippen LogP contribution in [-0.2, 0) is 17.9 Å². The second-order valence-corrected chi connectivity index (χ2v) is 17.7. The number of aromatic nitrogens is 3. The maximum Gasteiger partial charge on any atom is 0.261 e. The van der Waals surface area contributed by atoms with Gasteiger partial charge in [-0.25, -0.2) is 18.2 Å². The van der Waals surface area contributed by atoms with Gasteiger partial charge in [-0.3, -0.25) is 14.5 Å². The van der Waals surface area contributed by atoms with Crippen LogP contribution in [0.15, 0.2) is 67.0 Å². The van der Waals surface area contributed by atoms with Crippen molar-refractivity contribution in [3.05, 3.63) is 101 Å². The molecule has 3 heterocycles. The number of carbonyl (C=O) groups excluding carboxylic acids is 2. The summed E-state index contributed by atoms with van der Waals surface area (Å²) in [6.45, 7) is 7.57. The van der Waals surface area contributed by atoms with Crippen LogP contribution in [-0.4, -0.2) is 52.5 Å². The zero-order valence-electron chi connectivity index (χ0n) is 25.0. The molecular weight excluding hydrogens is 601 g/mol. The lowest BCUT2D eigenvalue weighted by Gasteiger charge is -2.16. The van der Waals surface area contributed by atoms with Crippen LogP contribution < -0.4 is 4.74 Å². The molecule has 0 unspecified atom stereocenters. The normalized spacial score (nSPS) is 13.2. The molecule has 0 spiro atoms. The van der Waals surface area contributed by atoms with E-state index in [0.29, 0.717) is 28.9 Å². The number of nitrogens with zero attached hydrogens (tertiary/aromatic N) is 3. The van der Waals surface area contributed by atoms with Gasteiger partial charge in [0.25, 0.3) is 11.8 Å². The summed E-state index contributed by atoms with van der Waals surface area (Å²) in [5, 5.41) is 0.163. The Kier molecular flexibility index (Phi) is 8.10. The molecule has 0 radical (unpaired) electrons. The maximum absolute atomic E-state index is 15.5. The Balaban J connectivity index is 1.16. The second kappa shape index (κ2) is 12.0. The van der Waals surface area contributed by atoms with E-state index >= 15 is 8.78 Å². The lowest BCUT2D eigenvalue weighted by atomic mass is 10.1. The van der Waals surface area contributed by atoms with Crippen LogP contribution in [0, 0.1) is 17.5 Å². The number of ether oxygens (including phenoxy) is 2. The number of benzene rings is 3. The summed E-state index contributed by atoms with van der Waals surface area (Å²) in [7, 11) is -1.27. The van der Waals surface area contributed by atoms with E-state index in [1.165, 1.54) is 30.5 Å². The molecule has 2 aromatic heterocycles. The lowest BCUT2D eigenvalue weighted by molar-refractivity contribution is 0.0655. The van der Waals surface area contributed by atoms with E-state index in [1.54, 1.807) is 35.0 Å². The molecule has 0 bridgehead atoms. The van der Waals surface area contributed by atoms with Crippen molar-refractivity contribution >= 4 is 30.8 Å². The second-order valence-electron chi connectivity index (χ2n) is 12.1. The van der Waals surface area contributed by atoms with Gasteiger partial charge in [0.15, 0.2) is 17.4 Å². The Morgan fingerprint density at radius 1 is 0.911 bits per heavy atom. The van der Waals surface area contributed by atoms with Gasteiger partial charge in [0.1, 0.15) is 24.1 Å². The van der Waals surface area contributed by atoms with E-state index in [0.717, 1.165) is 17.0 Å². The Hall–Kier alpha value is -4.68. The standard InChI is InChI=1S/C33H31F3N4O4Si/c1-45(2,3)15-14-43-19-39-12-11-24-28(39)17-27(35)30(29(24)36)44-21-8-9-26(34)25(16-21)31-37-18-20(38-31)10-13-40-32(41)22-6-4-5-7-23(22)33(40)42/h4-9,11-12,16-18H,10,13-15,19H2,1-3H3,(H,37,38). The smallest absolute Gasteiger partial charge is 0.261 e. The molecule has 1 N–H and O–H groups in total. The average Bonchev–Trinajstić information content (AvgIpc) is 3.70.